The van der Waals surface area contributed by atoms with Gasteiger partial charge in [-0.2, -0.15) is 0 Å². The Labute approximate surface area is 196 Å². The summed E-state index contributed by atoms with van der Waals surface area (Å²) >= 11 is 0. The van der Waals surface area contributed by atoms with Crippen LogP contribution in [0.2, 0.25) is 0 Å². The fraction of sp³-hybridized carbons (Fsp3) is 0.440. The Morgan fingerprint density at radius 3 is 2.71 bits per heavy atom. The van der Waals surface area contributed by atoms with Gasteiger partial charge < -0.3 is 19.5 Å². The van der Waals surface area contributed by atoms with Crippen molar-refractivity contribution in [3.8, 4) is 11.5 Å². The van der Waals surface area contributed by atoms with E-state index in [4.69, 9.17) is 14.2 Å². The predicted molar refractivity (Wildman–Crippen MR) is 123 cm³/mol. The van der Waals surface area contributed by atoms with Gasteiger partial charge in [0.2, 0.25) is 0 Å². The van der Waals surface area contributed by atoms with Crippen LogP contribution in [0, 0.1) is 18.7 Å². The lowest BCUT2D eigenvalue weighted by molar-refractivity contribution is 0.0136. The van der Waals surface area contributed by atoms with Gasteiger partial charge in [0.25, 0.3) is 5.92 Å². The first kappa shape index (κ1) is 24.1. The van der Waals surface area contributed by atoms with Gasteiger partial charge in [-0.25, -0.2) is 23.1 Å². The first-order chi connectivity index (χ1) is 16.2. The summed E-state index contributed by atoms with van der Waals surface area (Å²) in [6, 6.07) is 6.92. The zero-order chi connectivity index (χ0) is 24.5. The molecule has 0 saturated carbocycles. The first-order valence-corrected chi connectivity index (χ1v) is 11.2. The molecular formula is C25H28F3N3O3. The molecule has 182 valence electrons. The molecule has 1 aliphatic rings. The highest BCUT2D eigenvalue weighted by molar-refractivity contribution is 5.92. The maximum absolute atomic E-state index is 14.9. The van der Waals surface area contributed by atoms with Crippen LogP contribution in [0.3, 0.4) is 0 Å². The third-order valence-electron chi connectivity index (χ3n) is 5.91. The van der Waals surface area contributed by atoms with Crippen molar-refractivity contribution in [3.05, 3.63) is 53.1 Å². The standard InChI is InChI=1S/C25H28F3N3O3/c1-14(17-6-5-7-19(23(17)26)25(3,27)28)29-24-18-10-22(34-13-16-8-9-33-12-16)21(32-4)11-20(18)30-15(2)31-24/h5-7,10-11,14,16H,8-9,12-13H2,1-4H3,(H,29,30,31)/t14-,16+/m1/s1. The third-order valence-corrected chi connectivity index (χ3v) is 5.91. The minimum Gasteiger partial charge on any atom is -0.493 e. The van der Waals surface area contributed by atoms with E-state index in [0.29, 0.717) is 60.1 Å². The number of ether oxygens (including phenoxy) is 3. The smallest absolute Gasteiger partial charge is 0.273 e. The summed E-state index contributed by atoms with van der Waals surface area (Å²) in [7, 11) is 1.56. The molecule has 0 aliphatic carbocycles. The lowest BCUT2D eigenvalue weighted by Gasteiger charge is -2.21. The zero-order valence-corrected chi connectivity index (χ0v) is 19.6. The molecule has 2 aromatic carbocycles. The van der Waals surface area contributed by atoms with E-state index in [1.807, 2.05) is 0 Å². The van der Waals surface area contributed by atoms with Crippen molar-refractivity contribution in [1.29, 1.82) is 0 Å². The summed E-state index contributed by atoms with van der Waals surface area (Å²) in [6.45, 7) is 5.98. The number of fused-ring (bicyclic) bond motifs is 1. The van der Waals surface area contributed by atoms with Gasteiger partial charge in [-0.3, -0.25) is 0 Å². The average Bonchev–Trinajstić information content (AvgIpc) is 3.30. The maximum atomic E-state index is 14.9. The number of aromatic nitrogens is 2. The number of nitrogens with zero attached hydrogens (tertiary/aromatic N) is 2. The topological polar surface area (TPSA) is 65.5 Å². The van der Waals surface area contributed by atoms with Crippen molar-refractivity contribution < 1.29 is 27.4 Å². The molecule has 2 heterocycles. The fourth-order valence-corrected chi connectivity index (χ4v) is 4.06. The van der Waals surface area contributed by atoms with Crippen LogP contribution in [0.4, 0.5) is 19.0 Å². The van der Waals surface area contributed by atoms with Crippen LogP contribution in [-0.4, -0.2) is 36.9 Å². The van der Waals surface area contributed by atoms with Crippen molar-refractivity contribution >= 4 is 16.7 Å². The summed E-state index contributed by atoms with van der Waals surface area (Å²) < 4.78 is 59.5. The summed E-state index contributed by atoms with van der Waals surface area (Å²) in [5, 5.41) is 3.82. The molecular weight excluding hydrogens is 447 g/mol. The molecule has 0 radical (unpaired) electrons. The molecule has 2 atom stereocenters. The van der Waals surface area contributed by atoms with Crippen LogP contribution in [0.25, 0.3) is 10.9 Å². The van der Waals surface area contributed by atoms with E-state index in [1.165, 1.54) is 12.1 Å². The van der Waals surface area contributed by atoms with E-state index in [-0.39, 0.29) is 5.56 Å². The van der Waals surface area contributed by atoms with Crippen molar-refractivity contribution in [2.75, 3.05) is 32.2 Å². The highest BCUT2D eigenvalue weighted by Crippen LogP contribution is 2.37. The zero-order valence-electron chi connectivity index (χ0n) is 19.6. The van der Waals surface area contributed by atoms with E-state index in [2.05, 4.69) is 15.3 Å². The van der Waals surface area contributed by atoms with E-state index >= 15 is 0 Å². The molecule has 6 nitrogen and oxygen atoms in total. The summed E-state index contributed by atoms with van der Waals surface area (Å²) in [4.78, 5) is 8.98. The minimum absolute atomic E-state index is 0.120. The molecule has 34 heavy (non-hydrogen) atoms. The number of anilines is 1. The molecule has 0 unspecified atom stereocenters. The van der Waals surface area contributed by atoms with Gasteiger partial charge >= 0.3 is 0 Å². The second-order valence-corrected chi connectivity index (χ2v) is 8.64. The SMILES string of the molecule is COc1cc2nc(C)nc(N[C@H](C)c3cccc(C(C)(F)F)c3F)c2cc1OC[C@H]1CCOC1. The predicted octanol–water partition coefficient (Wildman–Crippen LogP) is 5.79. The fourth-order valence-electron chi connectivity index (χ4n) is 4.06. The number of rotatable bonds is 8. The van der Waals surface area contributed by atoms with E-state index in [9.17, 15) is 13.2 Å². The molecule has 1 fully saturated rings. The van der Waals surface area contributed by atoms with E-state index < -0.39 is 23.3 Å². The monoisotopic (exact) mass is 475 g/mol. The largest absolute Gasteiger partial charge is 0.493 e. The van der Waals surface area contributed by atoms with Crippen LogP contribution in [0.1, 0.15) is 43.3 Å². The Morgan fingerprint density at radius 1 is 1.24 bits per heavy atom. The van der Waals surface area contributed by atoms with Crippen LogP contribution in [0.15, 0.2) is 30.3 Å². The normalized spacial score (nSPS) is 17.1. The third kappa shape index (κ3) is 5.04. The summed E-state index contributed by atoms with van der Waals surface area (Å²) in [5.74, 6) is -1.91. The highest BCUT2D eigenvalue weighted by atomic mass is 19.3. The second kappa shape index (κ2) is 9.66. The van der Waals surface area contributed by atoms with Crippen molar-refractivity contribution in [1.82, 2.24) is 9.97 Å². The Morgan fingerprint density at radius 2 is 2.03 bits per heavy atom. The summed E-state index contributed by atoms with van der Waals surface area (Å²) in [5.41, 5.74) is 0.0956. The van der Waals surface area contributed by atoms with Crippen molar-refractivity contribution in [2.24, 2.45) is 5.92 Å². The Kier molecular flexibility index (Phi) is 6.84. The van der Waals surface area contributed by atoms with Crippen LogP contribution < -0.4 is 14.8 Å². The van der Waals surface area contributed by atoms with E-state index in [0.717, 1.165) is 19.1 Å². The Balaban J connectivity index is 1.68. The summed E-state index contributed by atoms with van der Waals surface area (Å²) in [6.07, 6.45) is 0.934. The molecule has 1 aliphatic heterocycles. The lowest BCUT2D eigenvalue weighted by atomic mass is 10.0. The van der Waals surface area contributed by atoms with Crippen molar-refractivity contribution in [3.63, 3.8) is 0 Å². The maximum Gasteiger partial charge on any atom is 0.273 e. The Bertz CT molecular complexity index is 1180. The van der Waals surface area contributed by atoms with Crippen LogP contribution >= 0.6 is 0 Å². The lowest BCUT2D eigenvalue weighted by Crippen LogP contribution is -2.16. The number of aryl methyl sites for hydroxylation is 1. The molecule has 0 amide bonds. The van der Waals surface area contributed by atoms with Crippen LogP contribution in [0.5, 0.6) is 11.5 Å². The quantitative estimate of drug-likeness (QED) is 0.445. The molecule has 1 N–H and O–H groups in total. The first-order valence-electron chi connectivity index (χ1n) is 11.2. The van der Waals surface area contributed by atoms with E-state index in [1.54, 1.807) is 33.1 Å². The van der Waals surface area contributed by atoms with Gasteiger partial charge in [0.1, 0.15) is 17.5 Å². The van der Waals surface area contributed by atoms with Gasteiger partial charge in [-0.05, 0) is 26.3 Å². The molecule has 0 bridgehead atoms. The molecule has 9 heteroatoms. The van der Waals surface area contributed by atoms with Gasteiger partial charge in [-0.1, -0.05) is 18.2 Å². The molecule has 1 aromatic heterocycles. The van der Waals surface area contributed by atoms with Gasteiger partial charge in [0, 0.05) is 36.5 Å². The van der Waals surface area contributed by atoms with Crippen molar-refractivity contribution in [2.45, 2.75) is 39.2 Å². The number of nitrogens with one attached hydrogen (secondary N) is 1. The molecule has 4 rings (SSSR count). The highest BCUT2D eigenvalue weighted by Gasteiger charge is 2.30. The number of alkyl halides is 2. The number of hydrogen-bond acceptors (Lipinski definition) is 6. The number of methoxy groups -OCH3 is 1. The number of hydrogen-bond donors (Lipinski definition) is 1. The van der Waals surface area contributed by atoms with Gasteiger partial charge in [0.05, 0.1) is 37.4 Å². The Hall–Kier alpha value is -3.07. The average molecular weight is 476 g/mol. The number of halogens is 3. The molecule has 3 aromatic rings. The van der Waals surface area contributed by atoms with Gasteiger partial charge in [0.15, 0.2) is 11.5 Å². The number of benzene rings is 2. The molecule has 1 saturated heterocycles. The van der Waals surface area contributed by atoms with Crippen LogP contribution in [-0.2, 0) is 10.7 Å². The molecule has 0 spiro atoms. The second-order valence-electron chi connectivity index (χ2n) is 8.64. The van der Waals surface area contributed by atoms with Gasteiger partial charge in [-0.15, -0.1) is 0 Å². The minimum atomic E-state index is -3.29.